The molecule has 7 heteroatoms. The van der Waals surface area contributed by atoms with Gasteiger partial charge in [-0.2, -0.15) is 0 Å². The molecule has 6 nitrogen and oxygen atoms in total. The first-order valence-electron chi connectivity index (χ1n) is 8.35. The highest BCUT2D eigenvalue weighted by molar-refractivity contribution is 7.18. The van der Waals surface area contributed by atoms with E-state index in [0.717, 1.165) is 28.2 Å². The molecule has 0 aliphatic heterocycles. The number of benzene rings is 1. The number of amides is 1. The zero-order valence-electron chi connectivity index (χ0n) is 15.0. The number of aryl methyl sites for hydroxylation is 2. The molecule has 1 N–H and O–H groups in total. The molecule has 0 spiro atoms. The minimum absolute atomic E-state index is 0.137. The molecule has 3 rings (SSSR count). The number of esters is 1. The number of hydrogen-bond acceptors (Lipinski definition) is 6. The summed E-state index contributed by atoms with van der Waals surface area (Å²) in [6.45, 7) is 4.17. The lowest BCUT2D eigenvalue weighted by Crippen LogP contribution is -2.12. The van der Waals surface area contributed by atoms with Crippen LogP contribution in [0.25, 0.3) is 0 Å². The molecule has 0 aliphatic carbocycles. The van der Waals surface area contributed by atoms with Gasteiger partial charge in [0.1, 0.15) is 23.8 Å². The van der Waals surface area contributed by atoms with Crippen LogP contribution in [-0.2, 0) is 4.74 Å². The molecular weight excluding hydrogens is 366 g/mol. The molecule has 3 aromatic rings. The van der Waals surface area contributed by atoms with E-state index in [1.165, 1.54) is 6.26 Å². The van der Waals surface area contributed by atoms with Gasteiger partial charge in [-0.05, 0) is 55.3 Å². The van der Waals surface area contributed by atoms with Gasteiger partial charge < -0.3 is 19.2 Å². The van der Waals surface area contributed by atoms with E-state index >= 15 is 0 Å². The van der Waals surface area contributed by atoms with Crippen molar-refractivity contribution in [2.75, 3.05) is 18.5 Å². The van der Waals surface area contributed by atoms with Crippen molar-refractivity contribution in [1.82, 2.24) is 0 Å². The number of rotatable bonds is 7. The van der Waals surface area contributed by atoms with Gasteiger partial charge in [0.25, 0.3) is 5.91 Å². The monoisotopic (exact) mass is 385 g/mol. The first kappa shape index (κ1) is 18.7. The third-order valence-corrected chi connectivity index (χ3v) is 4.79. The lowest BCUT2D eigenvalue weighted by atomic mass is 10.2. The van der Waals surface area contributed by atoms with Gasteiger partial charge >= 0.3 is 5.97 Å². The fourth-order valence-electron chi connectivity index (χ4n) is 2.39. The topological polar surface area (TPSA) is 77.8 Å². The number of thiophene rings is 1. The third kappa shape index (κ3) is 4.98. The Morgan fingerprint density at radius 2 is 1.96 bits per heavy atom. The van der Waals surface area contributed by atoms with Crippen LogP contribution in [0.1, 0.15) is 31.4 Å². The molecule has 0 atom stereocenters. The molecule has 1 amide bonds. The van der Waals surface area contributed by atoms with Gasteiger partial charge in [0.2, 0.25) is 0 Å². The summed E-state index contributed by atoms with van der Waals surface area (Å²) in [6, 6.07) is 12.6. The SMILES string of the molecule is Cc1cccc(OCCOC(=O)c2sc(NC(=O)c3ccco3)cc2C)c1. The summed E-state index contributed by atoms with van der Waals surface area (Å²) in [5, 5.41) is 3.26. The van der Waals surface area contributed by atoms with Crippen molar-refractivity contribution in [3.8, 4) is 5.75 Å². The zero-order chi connectivity index (χ0) is 19.2. The maximum Gasteiger partial charge on any atom is 0.348 e. The molecule has 0 saturated carbocycles. The van der Waals surface area contributed by atoms with E-state index < -0.39 is 5.97 Å². The minimum atomic E-state index is -0.441. The molecule has 0 fully saturated rings. The lowest BCUT2D eigenvalue weighted by molar-refractivity contribution is 0.0455. The summed E-state index contributed by atoms with van der Waals surface area (Å²) in [6.07, 6.45) is 1.43. The van der Waals surface area contributed by atoms with Gasteiger partial charge in [-0.3, -0.25) is 4.79 Å². The van der Waals surface area contributed by atoms with Crippen molar-refractivity contribution >= 4 is 28.2 Å². The highest BCUT2D eigenvalue weighted by Crippen LogP contribution is 2.27. The molecule has 2 aromatic heterocycles. The lowest BCUT2D eigenvalue weighted by Gasteiger charge is -2.07. The summed E-state index contributed by atoms with van der Waals surface area (Å²) < 4.78 is 15.9. The van der Waals surface area contributed by atoms with Crippen LogP contribution in [-0.4, -0.2) is 25.1 Å². The predicted octanol–water partition coefficient (Wildman–Crippen LogP) is 4.45. The van der Waals surface area contributed by atoms with Crippen LogP contribution in [0.2, 0.25) is 0 Å². The Balaban J connectivity index is 1.51. The van der Waals surface area contributed by atoms with Crippen molar-refractivity contribution in [1.29, 1.82) is 0 Å². The van der Waals surface area contributed by atoms with Crippen LogP contribution in [0.3, 0.4) is 0 Å². The highest BCUT2D eigenvalue weighted by atomic mass is 32.1. The quantitative estimate of drug-likeness (QED) is 0.480. The Labute approximate surface area is 160 Å². The van der Waals surface area contributed by atoms with Crippen molar-refractivity contribution in [3.63, 3.8) is 0 Å². The van der Waals surface area contributed by atoms with Crippen LogP contribution in [0.5, 0.6) is 5.75 Å². The Bertz CT molecular complexity index is 930. The van der Waals surface area contributed by atoms with E-state index in [-0.39, 0.29) is 24.9 Å². The molecular formula is C20H19NO5S. The second-order valence-electron chi connectivity index (χ2n) is 5.86. The highest BCUT2D eigenvalue weighted by Gasteiger charge is 2.17. The first-order valence-corrected chi connectivity index (χ1v) is 9.16. The molecule has 0 bridgehead atoms. The average molecular weight is 385 g/mol. The van der Waals surface area contributed by atoms with Crippen molar-refractivity contribution < 1.29 is 23.5 Å². The van der Waals surface area contributed by atoms with E-state index in [0.29, 0.717) is 9.88 Å². The van der Waals surface area contributed by atoms with Gasteiger partial charge in [-0.1, -0.05) is 12.1 Å². The molecule has 0 aliphatic rings. The van der Waals surface area contributed by atoms with E-state index in [2.05, 4.69) is 5.32 Å². The molecule has 0 unspecified atom stereocenters. The van der Waals surface area contributed by atoms with E-state index in [1.807, 2.05) is 31.2 Å². The molecule has 0 saturated heterocycles. The maximum absolute atomic E-state index is 12.3. The van der Waals surface area contributed by atoms with Crippen molar-refractivity contribution in [2.45, 2.75) is 13.8 Å². The Morgan fingerprint density at radius 3 is 2.70 bits per heavy atom. The second-order valence-corrected chi connectivity index (χ2v) is 6.91. The smallest absolute Gasteiger partial charge is 0.348 e. The largest absolute Gasteiger partial charge is 0.490 e. The minimum Gasteiger partial charge on any atom is -0.490 e. The molecule has 0 radical (unpaired) electrons. The molecule has 140 valence electrons. The summed E-state index contributed by atoms with van der Waals surface area (Å²) in [4.78, 5) is 24.7. The maximum atomic E-state index is 12.3. The number of carbonyl (C=O) groups is 2. The normalized spacial score (nSPS) is 10.4. The van der Waals surface area contributed by atoms with Crippen LogP contribution >= 0.6 is 11.3 Å². The number of hydrogen-bond donors (Lipinski definition) is 1. The summed E-state index contributed by atoms with van der Waals surface area (Å²) in [5.74, 6) is 0.135. The fraction of sp³-hybridized carbons (Fsp3) is 0.200. The summed E-state index contributed by atoms with van der Waals surface area (Å²) >= 11 is 1.16. The van der Waals surface area contributed by atoms with Gasteiger partial charge in [0.05, 0.1) is 11.3 Å². The average Bonchev–Trinajstić information content (AvgIpc) is 3.28. The number of ether oxygens (including phenoxy) is 2. The fourth-order valence-corrected chi connectivity index (χ4v) is 3.35. The van der Waals surface area contributed by atoms with E-state index in [4.69, 9.17) is 13.9 Å². The van der Waals surface area contributed by atoms with Gasteiger partial charge in [-0.25, -0.2) is 4.79 Å². The number of furan rings is 1. The van der Waals surface area contributed by atoms with Gasteiger partial charge in [0, 0.05) is 0 Å². The third-order valence-electron chi connectivity index (χ3n) is 3.66. The number of nitrogens with one attached hydrogen (secondary N) is 1. The van der Waals surface area contributed by atoms with Gasteiger partial charge in [-0.15, -0.1) is 11.3 Å². The van der Waals surface area contributed by atoms with Gasteiger partial charge in [0.15, 0.2) is 5.76 Å². The number of carbonyl (C=O) groups excluding carboxylic acids is 2. The van der Waals surface area contributed by atoms with Crippen molar-refractivity contribution in [2.24, 2.45) is 0 Å². The summed E-state index contributed by atoms with van der Waals surface area (Å²) in [7, 11) is 0. The van der Waals surface area contributed by atoms with Crippen molar-refractivity contribution in [3.05, 3.63) is 70.5 Å². The van der Waals surface area contributed by atoms with Crippen LogP contribution in [0.4, 0.5) is 5.00 Å². The van der Waals surface area contributed by atoms with Crippen LogP contribution in [0, 0.1) is 13.8 Å². The van der Waals surface area contributed by atoms with Crippen LogP contribution in [0.15, 0.2) is 53.1 Å². The molecule has 1 aromatic carbocycles. The van der Waals surface area contributed by atoms with E-state index in [9.17, 15) is 9.59 Å². The Kier molecular flexibility index (Phi) is 5.93. The summed E-state index contributed by atoms with van der Waals surface area (Å²) in [5.41, 5.74) is 1.84. The number of anilines is 1. The van der Waals surface area contributed by atoms with Crippen LogP contribution < -0.4 is 10.1 Å². The second kappa shape index (κ2) is 8.55. The Hall–Kier alpha value is -3.06. The molecule has 2 heterocycles. The first-order chi connectivity index (χ1) is 13.0. The zero-order valence-corrected chi connectivity index (χ0v) is 15.8. The predicted molar refractivity (Wildman–Crippen MR) is 103 cm³/mol. The standard InChI is InChI=1S/C20H19NO5S/c1-13-5-3-6-15(11-13)24-9-10-26-20(23)18-14(2)12-17(27-18)21-19(22)16-7-4-8-25-16/h3-8,11-12H,9-10H2,1-2H3,(H,21,22). The van der Waals surface area contributed by atoms with E-state index in [1.54, 1.807) is 25.1 Å². The molecule has 27 heavy (non-hydrogen) atoms. The Morgan fingerprint density at radius 1 is 1.11 bits per heavy atom.